The summed E-state index contributed by atoms with van der Waals surface area (Å²) in [6.45, 7) is 0.117. The first kappa shape index (κ1) is 14.9. The van der Waals surface area contributed by atoms with Crippen LogP contribution in [-0.4, -0.2) is 20.7 Å². The van der Waals surface area contributed by atoms with Gasteiger partial charge in [0, 0.05) is 17.2 Å². The fraction of sp³-hybridized carbons (Fsp3) is 0.200. The summed E-state index contributed by atoms with van der Waals surface area (Å²) in [6, 6.07) is 3.48. The molecule has 2 heterocycles. The van der Waals surface area contributed by atoms with Crippen LogP contribution in [0.25, 0.3) is 5.65 Å². The number of nitrogens with two attached hydrogens (primary N) is 1. The maximum atomic E-state index is 12.4. The second kappa shape index (κ2) is 6.12. The number of fused-ring (bicyclic) bond motifs is 1. The number of aromatic nitrogens is 3. The van der Waals surface area contributed by atoms with E-state index in [1.54, 1.807) is 18.3 Å². The molecule has 0 radical (unpaired) electrons. The normalized spacial score (nSPS) is 11.6. The second-order valence-corrected chi connectivity index (χ2v) is 4.40. The smallest absolute Gasteiger partial charge is 0.327 e. The molecule has 2 rings (SSSR count). The molecule has 0 aliphatic rings. The largest absolute Gasteiger partial charge is 0.350 e. The Balaban J connectivity index is 0.00000162. The van der Waals surface area contributed by atoms with Gasteiger partial charge in [-0.3, -0.25) is 0 Å². The van der Waals surface area contributed by atoms with Crippen molar-refractivity contribution >= 4 is 34.0 Å². The van der Waals surface area contributed by atoms with Gasteiger partial charge in [-0.2, -0.15) is 0 Å². The van der Waals surface area contributed by atoms with Crippen LogP contribution in [0.2, 0.25) is 0 Å². The number of halogens is 3. The van der Waals surface area contributed by atoms with Crippen LogP contribution >= 0.6 is 28.3 Å². The lowest BCUT2D eigenvalue weighted by Gasteiger charge is -1.99. The molecule has 0 aliphatic carbocycles. The zero-order chi connectivity index (χ0) is 12.4. The Morgan fingerprint density at radius 1 is 1.56 bits per heavy atom. The van der Waals surface area contributed by atoms with Crippen LogP contribution in [0.5, 0.6) is 0 Å². The van der Waals surface area contributed by atoms with Gasteiger partial charge in [0.25, 0.3) is 0 Å². The van der Waals surface area contributed by atoms with Crippen LogP contribution in [0.3, 0.4) is 0 Å². The number of pyridine rings is 1. The predicted molar refractivity (Wildman–Crippen MR) is 72.6 cm³/mol. The first-order chi connectivity index (χ1) is 8.15. The SMILES string of the molecule is Cl.NC/C(=C\F)Cn1nc2ccc(Br)cn2c1=O. The van der Waals surface area contributed by atoms with Crippen molar-refractivity contribution in [3.63, 3.8) is 0 Å². The minimum absolute atomic E-state index is 0. The Labute approximate surface area is 117 Å². The van der Waals surface area contributed by atoms with E-state index in [1.165, 1.54) is 9.08 Å². The molecule has 98 valence electrons. The van der Waals surface area contributed by atoms with Gasteiger partial charge < -0.3 is 5.73 Å². The Kier molecular flexibility index (Phi) is 5.06. The third-order valence-corrected chi connectivity index (χ3v) is 2.78. The van der Waals surface area contributed by atoms with Crippen LogP contribution in [0.1, 0.15) is 0 Å². The average Bonchev–Trinajstić information content (AvgIpc) is 2.63. The molecule has 2 aromatic rings. The summed E-state index contributed by atoms with van der Waals surface area (Å²) >= 11 is 3.27. The molecule has 0 spiro atoms. The van der Waals surface area contributed by atoms with E-state index in [0.717, 1.165) is 4.47 Å². The Hall–Kier alpha value is -1.18. The van der Waals surface area contributed by atoms with Crippen molar-refractivity contribution in [3.8, 4) is 0 Å². The average molecular weight is 338 g/mol. The van der Waals surface area contributed by atoms with Gasteiger partial charge in [-0.25, -0.2) is 18.3 Å². The fourth-order valence-electron chi connectivity index (χ4n) is 1.43. The summed E-state index contributed by atoms with van der Waals surface area (Å²) in [5.74, 6) is 0. The zero-order valence-electron chi connectivity index (χ0n) is 9.22. The number of hydrogen-bond acceptors (Lipinski definition) is 3. The van der Waals surface area contributed by atoms with Crippen LogP contribution in [-0.2, 0) is 6.54 Å². The van der Waals surface area contributed by atoms with Crippen molar-refractivity contribution in [2.24, 2.45) is 5.73 Å². The number of nitrogens with zero attached hydrogens (tertiary/aromatic N) is 3. The van der Waals surface area contributed by atoms with Crippen molar-refractivity contribution in [1.82, 2.24) is 14.2 Å². The molecule has 8 heteroatoms. The quantitative estimate of drug-likeness (QED) is 0.923. The molecule has 0 unspecified atom stereocenters. The molecule has 5 nitrogen and oxygen atoms in total. The number of hydrogen-bond donors (Lipinski definition) is 1. The van der Waals surface area contributed by atoms with Gasteiger partial charge in [-0.05, 0) is 33.6 Å². The lowest BCUT2D eigenvalue weighted by molar-refractivity contribution is 0.616. The highest BCUT2D eigenvalue weighted by Gasteiger charge is 2.08. The lowest BCUT2D eigenvalue weighted by atomic mass is 10.3. The molecule has 0 saturated carbocycles. The summed E-state index contributed by atoms with van der Waals surface area (Å²) < 4.78 is 15.7. The molecule has 0 aliphatic heterocycles. The van der Waals surface area contributed by atoms with E-state index in [-0.39, 0.29) is 31.2 Å². The summed E-state index contributed by atoms with van der Waals surface area (Å²) in [5.41, 5.74) is 5.83. The third kappa shape index (κ3) is 2.80. The van der Waals surface area contributed by atoms with Gasteiger partial charge in [-0.15, -0.1) is 17.5 Å². The maximum Gasteiger partial charge on any atom is 0.350 e. The summed E-state index contributed by atoms with van der Waals surface area (Å²) in [5, 5.41) is 4.07. The molecular formula is C10H11BrClFN4O. The molecule has 0 bridgehead atoms. The topological polar surface area (TPSA) is 65.3 Å². The van der Waals surface area contributed by atoms with Crippen molar-refractivity contribution in [3.05, 3.63) is 45.2 Å². The van der Waals surface area contributed by atoms with Gasteiger partial charge in [0.15, 0.2) is 5.65 Å². The summed E-state index contributed by atoms with van der Waals surface area (Å²) in [4.78, 5) is 11.9. The Morgan fingerprint density at radius 2 is 2.28 bits per heavy atom. The molecule has 0 atom stereocenters. The molecule has 2 aromatic heterocycles. The highest BCUT2D eigenvalue weighted by atomic mass is 79.9. The van der Waals surface area contributed by atoms with Gasteiger partial charge in [0.05, 0.1) is 12.9 Å². The molecule has 0 aromatic carbocycles. The standard InChI is InChI=1S/C10H10BrFN4O.ClH/c11-8-1-2-9-14-16(5-7(3-12)4-13)10(17)15(9)6-8;/h1-3,6H,4-5,13H2;1H/b7-3+;. The highest BCUT2D eigenvalue weighted by molar-refractivity contribution is 9.10. The van der Waals surface area contributed by atoms with Crippen molar-refractivity contribution in [2.45, 2.75) is 6.54 Å². The van der Waals surface area contributed by atoms with Crippen molar-refractivity contribution in [1.29, 1.82) is 0 Å². The van der Waals surface area contributed by atoms with E-state index in [4.69, 9.17) is 5.73 Å². The number of rotatable bonds is 3. The Morgan fingerprint density at radius 3 is 2.89 bits per heavy atom. The van der Waals surface area contributed by atoms with Gasteiger partial charge in [0.2, 0.25) is 0 Å². The second-order valence-electron chi connectivity index (χ2n) is 3.49. The fourth-order valence-corrected chi connectivity index (χ4v) is 1.77. The highest BCUT2D eigenvalue weighted by Crippen LogP contribution is 2.09. The summed E-state index contributed by atoms with van der Waals surface area (Å²) in [7, 11) is 0. The van der Waals surface area contributed by atoms with Crippen LogP contribution in [0.4, 0.5) is 4.39 Å². The van der Waals surface area contributed by atoms with E-state index < -0.39 is 0 Å². The molecule has 18 heavy (non-hydrogen) atoms. The van der Waals surface area contributed by atoms with Crippen molar-refractivity contribution in [2.75, 3.05) is 6.54 Å². The van der Waals surface area contributed by atoms with E-state index in [2.05, 4.69) is 21.0 Å². The predicted octanol–water partition coefficient (Wildman–Crippen LogP) is 1.49. The molecular weight excluding hydrogens is 326 g/mol. The third-order valence-electron chi connectivity index (χ3n) is 2.31. The van der Waals surface area contributed by atoms with Crippen LogP contribution < -0.4 is 11.4 Å². The first-order valence-electron chi connectivity index (χ1n) is 4.88. The van der Waals surface area contributed by atoms with Gasteiger partial charge in [-0.1, -0.05) is 0 Å². The van der Waals surface area contributed by atoms with Crippen LogP contribution in [0, 0.1) is 0 Å². The van der Waals surface area contributed by atoms with E-state index >= 15 is 0 Å². The molecule has 0 fully saturated rings. The minimum Gasteiger partial charge on any atom is -0.327 e. The van der Waals surface area contributed by atoms with Gasteiger partial charge >= 0.3 is 5.69 Å². The molecule has 0 saturated heterocycles. The monoisotopic (exact) mass is 336 g/mol. The van der Waals surface area contributed by atoms with Crippen molar-refractivity contribution < 1.29 is 4.39 Å². The minimum atomic E-state index is -0.325. The summed E-state index contributed by atoms with van der Waals surface area (Å²) in [6.07, 6.45) is 2.02. The molecule has 2 N–H and O–H groups in total. The van der Waals surface area contributed by atoms with Crippen LogP contribution in [0.15, 0.2) is 39.5 Å². The first-order valence-corrected chi connectivity index (χ1v) is 5.68. The Bertz CT molecular complexity index is 636. The van der Waals surface area contributed by atoms with E-state index in [1.807, 2.05) is 0 Å². The molecule has 0 amide bonds. The van der Waals surface area contributed by atoms with Gasteiger partial charge in [0.1, 0.15) is 0 Å². The lowest BCUT2D eigenvalue weighted by Crippen LogP contribution is -2.23. The maximum absolute atomic E-state index is 12.4. The van der Waals surface area contributed by atoms with E-state index in [0.29, 0.717) is 17.6 Å². The zero-order valence-corrected chi connectivity index (χ0v) is 11.6. The van der Waals surface area contributed by atoms with E-state index in [9.17, 15) is 9.18 Å².